The van der Waals surface area contributed by atoms with Gasteiger partial charge >= 0.3 is 0 Å². The van der Waals surface area contributed by atoms with Gasteiger partial charge in [-0.1, -0.05) is 129 Å². The van der Waals surface area contributed by atoms with E-state index in [2.05, 4.69) is 158 Å². The Balaban J connectivity index is 1.72. The molecule has 37 heavy (non-hydrogen) atoms. The van der Waals surface area contributed by atoms with E-state index in [1.54, 1.807) is 0 Å². The van der Waals surface area contributed by atoms with Gasteiger partial charge in [-0.15, -0.1) is 0 Å². The van der Waals surface area contributed by atoms with Crippen LogP contribution in [0.15, 0.2) is 78.9 Å². The highest BCUT2D eigenvalue weighted by Gasteiger charge is 2.17. The van der Waals surface area contributed by atoms with E-state index in [0.717, 1.165) is 22.6 Å². The summed E-state index contributed by atoms with van der Waals surface area (Å²) in [7, 11) is 0. The summed E-state index contributed by atoms with van der Waals surface area (Å²) in [5.41, 5.74) is 9.81. The molecule has 0 radical (unpaired) electrons. The Hall–Kier alpha value is -3.39. The maximum Gasteiger partial charge on any atom is 0.0862 e. The number of nitrogens with zero attached hydrogens (tertiary/aromatic N) is 2. The van der Waals surface area contributed by atoms with Gasteiger partial charge in [0, 0.05) is 5.56 Å². The minimum atomic E-state index is 0.116. The SMILES string of the molecule is CC(C)(C)c1ccc(/C=C/c2cc(-c3ccc(C(C)(C)C)cc3)n(-c3ccc(C(C)(C)C)cc3)n2)cc1. The van der Waals surface area contributed by atoms with Crippen molar-refractivity contribution in [3.05, 3.63) is 107 Å². The van der Waals surface area contributed by atoms with Gasteiger partial charge in [0.15, 0.2) is 0 Å². The Morgan fingerprint density at radius 3 is 1.43 bits per heavy atom. The Morgan fingerprint density at radius 1 is 0.541 bits per heavy atom. The van der Waals surface area contributed by atoms with Crippen LogP contribution < -0.4 is 0 Å². The molecular formula is C35H42N2. The van der Waals surface area contributed by atoms with E-state index >= 15 is 0 Å². The summed E-state index contributed by atoms with van der Waals surface area (Å²) in [6.45, 7) is 20.2. The zero-order chi connectivity index (χ0) is 27.0. The molecule has 2 heteroatoms. The van der Waals surface area contributed by atoms with Gasteiger partial charge < -0.3 is 0 Å². The Bertz CT molecular complexity index is 1290. The minimum absolute atomic E-state index is 0.116. The molecular weight excluding hydrogens is 448 g/mol. The van der Waals surface area contributed by atoms with Gasteiger partial charge in [0.05, 0.1) is 17.1 Å². The van der Waals surface area contributed by atoms with Crippen molar-refractivity contribution in [1.29, 1.82) is 0 Å². The molecule has 0 aliphatic carbocycles. The van der Waals surface area contributed by atoms with E-state index < -0.39 is 0 Å². The van der Waals surface area contributed by atoms with E-state index in [1.807, 2.05) is 0 Å². The van der Waals surface area contributed by atoms with Crippen LogP contribution in [-0.4, -0.2) is 9.78 Å². The van der Waals surface area contributed by atoms with Crippen LogP contribution in [0.1, 0.15) is 90.3 Å². The highest BCUT2D eigenvalue weighted by Crippen LogP contribution is 2.30. The van der Waals surface area contributed by atoms with Gasteiger partial charge in [0.1, 0.15) is 0 Å². The van der Waals surface area contributed by atoms with E-state index in [9.17, 15) is 0 Å². The average molecular weight is 491 g/mol. The Labute approximate surface area is 224 Å². The second-order valence-corrected chi connectivity index (χ2v) is 13.2. The van der Waals surface area contributed by atoms with Crippen LogP contribution >= 0.6 is 0 Å². The molecule has 0 bridgehead atoms. The first-order valence-electron chi connectivity index (χ1n) is 13.3. The summed E-state index contributed by atoms with van der Waals surface area (Å²) in [5, 5.41) is 5.02. The lowest BCUT2D eigenvalue weighted by molar-refractivity contribution is 0.589. The second kappa shape index (κ2) is 9.82. The fourth-order valence-electron chi connectivity index (χ4n) is 4.40. The topological polar surface area (TPSA) is 17.8 Å². The molecule has 0 aliphatic heterocycles. The molecule has 3 aromatic carbocycles. The van der Waals surface area contributed by atoms with Gasteiger partial charge in [-0.25, -0.2) is 4.68 Å². The zero-order valence-corrected chi connectivity index (χ0v) is 24.1. The molecule has 0 fully saturated rings. The molecule has 192 valence electrons. The lowest BCUT2D eigenvalue weighted by Gasteiger charge is -2.20. The van der Waals surface area contributed by atoms with E-state index in [4.69, 9.17) is 5.10 Å². The zero-order valence-electron chi connectivity index (χ0n) is 24.1. The number of hydrogen-bond acceptors (Lipinski definition) is 1. The quantitative estimate of drug-likeness (QED) is 0.278. The van der Waals surface area contributed by atoms with Gasteiger partial charge in [-0.05, 0) is 62.8 Å². The van der Waals surface area contributed by atoms with Crippen LogP contribution in [0.5, 0.6) is 0 Å². The van der Waals surface area contributed by atoms with Crippen LogP contribution in [0, 0.1) is 0 Å². The van der Waals surface area contributed by atoms with Crippen molar-refractivity contribution in [1.82, 2.24) is 9.78 Å². The van der Waals surface area contributed by atoms with Crippen LogP contribution in [-0.2, 0) is 16.2 Å². The van der Waals surface area contributed by atoms with Gasteiger partial charge in [0.25, 0.3) is 0 Å². The fraction of sp³-hybridized carbons (Fsp3) is 0.343. The molecule has 2 nitrogen and oxygen atoms in total. The largest absolute Gasteiger partial charge is 0.233 e. The monoisotopic (exact) mass is 490 g/mol. The van der Waals surface area contributed by atoms with E-state index in [1.165, 1.54) is 22.3 Å². The van der Waals surface area contributed by atoms with Gasteiger partial charge in [0.2, 0.25) is 0 Å². The number of benzene rings is 3. The smallest absolute Gasteiger partial charge is 0.0862 e. The van der Waals surface area contributed by atoms with Crippen molar-refractivity contribution in [2.24, 2.45) is 0 Å². The van der Waals surface area contributed by atoms with Crippen molar-refractivity contribution in [3.63, 3.8) is 0 Å². The maximum absolute atomic E-state index is 5.02. The predicted molar refractivity (Wildman–Crippen MR) is 160 cm³/mol. The molecule has 0 amide bonds. The Kier molecular flexibility index (Phi) is 7.08. The molecule has 4 aromatic rings. The molecule has 0 saturated heterocycles. The highest BCUT2D eigenvalue weighted by atomic mass is 15.3. The van der Waals surface area contributed by atoms with E-state index in [-0.39, 0.29) is 16.2 Å². The maximum atomic E-state index is 5.02. The third kappa shape index (κ3) is 6.31. The summed E-state index contributed by atoms with van der Waals surface area (Å²) < 4.78 is 2.07. The highest BCUT2D eigenvalue weighted by molar-refractivity contribution is 5.72. The predicted octanol–water partition coefficient (Wildman–Crippen LogP) is 9.60. The number of rotatable bonds is 4. The molecule has 0 saturated carbocycles. The first-order valence-corrected chi connectivity index (χ1v) is 13.3. The molecule has 0 unspecified atom stereocenters. The number of hydrogen-bond donors (Lipinski definition) is 0. The molecule has 0 N–H and O–H groups in total. The summed E-state index contributed by atoms with van der Waals surface area (Å²) in [6, 6.07) is 28.7. The molecule has 0 atom stereocenters. The Morgan fingerprint density at radius 2 is 0.973 bits per heavy atom. The third-order valence-corrected chi connectivity index (χ3v) is 6.98. The first kappa shape index (κ1) is 26.7. The van der Waals surface area contributed by atoms with Crippen molar-refractivity contribution in [2.45, 2.75) is 78.6 Å². The van der Waals surface area contributed by atoms with Gasteiger partial charge in [-0.2, -0.15) is 5.10 Å². The standard InChI is InChI=1S/C35H42N2/c1-33(2,3)27-15-10-25(11-16-27)12-21-30-24-32(26-13-17-28(18-14-26)34(4,5)6)37(36-30)31-22-19-29(20-23-31)35(7,8)9/h10-24H,1-9H3/b21-12+. The van der Waals surface area contributed by atoms with Gasteiger partial charge in [-0.3, -0.25) is 0 Å². The van der Waals surface area contributed by atoms with Crippen LogP contribution in [0.25, 0.3) is 29.1 Å². The normalized spacial score (nSPS) is 12.9. The van der Waals surface area contributed by atoms with Crippen molar-refractivity contribution in [2.75, 3.05) is 0 Å². The van der Waals surface area contributed by atoms with Crippen molar-refractivity contribution >= 4 is 12.2 Å². The molecule has 0 aliphatic rings. The van der Waals surface area contributed by atoms with Crippen LogP contribution in [0.3, 0.4) is 0 Å². The van der Waals surface area contributed by atoms with Crippen molar-refractivity contribution < 1.29 is 0 Å². The minimum Gasteiger partial charge on any atom is -0.233 e. The summed E-state index contributed by atoms with van der Waals surface area (Å²) >= 11 is 0. The third-order valence-electron chi connectivity index (χ3n) is 6.98. The lowest BCUT2D eigenvalue weighted by Crippen LogP contribution is -2.11. The first-order chi connectivity index (χ1) is 17.2. The average Bonchev–Trinajstić information content (AvgIpc) is 3.26. The van der Waals surface area contributed by atoms with Crippen LogP contribution in [0.4, 0.5) is 0 Å². The van der Waals surface area contributed by atoms with E-state index in [0.29, 0.717) is 0 Å². The second-order valence-electron chi connectivity index (χ2n) is 13.2. The molecule has 0 spiro atoms. The molecule has 4 rings (SSSR count). The molecule has 1 heterocycles. The van der Waals surface area contributed by atoms with Crippen LogP contribution in [0.2, 0.25) is 0 Å². The number of aromatic nitrogens is 2. The summed E-state index contributed by atoms with van der Waals surface area (Å²) in [6.07, 6.45) is 4.26. The molecule has 1 aromatic heterocycles. The summed E-state index contributed by atoms with van der Waals surface area (Å²) in [5.74, 6) is 0. The lowest BCUT2D eigenvalue weighted by atomic mass is 9.86. The summed E-state index contributed by atoms with van der Waals surface area (Å²) in [4.78, 5) is 0. The van der Waals surface area contributed by atoms with Crippen molar-refractivity contribution in [3.8, 4) is 16.9 Å². The fourth-order valence-corrected chi connectivity index (χ4v) is 4.40.